The van der Waals surface area contributed by atoms with Gasteiger partial charge in [0.15, 0.2) is 11.5 Å². The fraction of sp³-hybridized carbons (Fsp3) is 0.556. The van der Waals surface area contributed by atoms with Gasteiger partial charge >= 0.3 is 5.97 Å². The van der Waals surface area contributed by atoms with Crippen LogP contribution < -0.4 is 14.2 Å². The summed E-state index contributed by atoms with van der Waals surface area (Å²) in [7, 11) is 3.58. The number of likely N-dealkylation sites (N-methyl/N-ethyl adjacent to an activating group) is 1. The number of nitrogens with zero attached hydrogens (tertiary/aromatic N) is 1. The van der Waals surface area contributed by atoms with Crippen molar-refractivity contribution < 1.29 is 28.5 Å². The van der Waals surface area contributed by atoms with E-state index in [9.17, 15) is 9.59 Å². The van der Waals surface area contributed by atoms with Gasteiger partial charge in [-0.1, -0.05) is 0 Å². The highest BCUT2D eigenvalue weighted by Gasteiger charge is 2.39. The standard InChI is InChI=1S/C18H21NO6/c1-19-5-3-10-7-14-16(25-9-24-14)17(22-2)15(10)12(19)8-13(20)11-4-6-23-18(11)21/h7,11-12H,3-6,8-9H2,1-2H3/t11-,12-/m0/s1. The highest BCUT2D eigenvalue weighted by molar-refractivity contribution is 6.00. The molecule has 0 bridgehead atoms. The number of fused-ring (bicyclic) bond motifs is 2. The Kier molecular flexibility index (Phi) is 4.03. The molecule has 7 heteroatoms. The van der Waals surface area contributed by atoms with E-state index in [2.05, 4.69) is 4.90 Å². The molecule has 3 aliphatic heterocycles. The number of Topliss-reactive ketones (excluding diaryl/α,β-unsaturated/α-hetero) is 1. The van der Waals surface area contributed by atoms with Crippen molar-refractivity contribution in [3.05, 3.63) is 17.2 Å². The van der Waals surface area contributed by atoms with Crippen molar-refractivity contribution in [1.29, 1.82) is 0 Å². The minimum Gasteiger partial charge on any atom is -0.492 e. The Hall–Kier alpha value is -2.28. The summed E-state index contributed by atoms with van der Waals surface area (Å²) in [6.07, 6.45) is 1.56. The summed E-state index contributed by atoms with van der Waals surface area (Å²) in [5.74, 6) is 0.786. The maximum Gasteiger partial charge on any atom is 0.316 e. The number of methoxy groups -OCH3 is 1. The van der Waals surface area contributed by atoms with Crippen LogP contribution in [-0.4, -0.2) is 50.8 Å². The number of benzene rings is 1. The lowest BCUT2D eigenvalue weighted by atomic mass is 9.86. The molecule has 1 fully saturated rings. The third-order valence-corrected chi connectivity index (χ3v) is 5.27. The van der Waals surface area contributed by atoms with Crippen LogP contribution >= 0.6 is 0 Å². The van der Waals surface area contributed by atoms with Crippen molar-refractivity contribution in [2.24, 2.45) is 5.92 Å². The number of cyclic esters (lactones) is 1. The molecule has 0 spiro atoms. The second-order valence-corrected chi connectivity index (χ2v) is 6.64. The number of ketones is 1. The number of ether oxygens (including phenoxy) is 4. The van der Waals surface area contributed by atoms with Gasteiger partial charge in [-0.25, -0.2) is 0 Å². The molecule has 25 heavy (non-hydrogen) atoms. The highest BCUT2D eigenvalue weighted by atomic mass is 16.7. The number of hydrogen-bond acceptors (Lipinski definition) is 7. The summed E-state index contributed by atoms with van der Waals surface area (Å²) in [6.45, 7) is 1.32. The smallest absolute Gasteiger partial charge is 0.316 e. The van der Waals surface area contributed by atoms with Crippen LogP contribution in [0.4, 0.5) is 0 Å². The van der Waals surface area contributed by atoms with Crippen molar-refractivity contribution in [3.8, 4) is 17.2 Å². The second-order valence-electron chi connectivity index (χ2n) is 6.64. The summed E-state index contributed by atoms with van der Waals surface area (Å²) in [6, 6.07) is 1.82. The van der Waals surface area contributed by atoms with Gasteiger partial charge in [-0.15, -0.1) is 0 Å². The van der Waals surface area contributed by atoms with Crippen LogP contribution in [0.15, 0.2) is 6.07 Å². The number of rotatable bonds is 4. The van der Waals surface area contributed by atoms with Crippen LogP contribution in [0.25, 0.3) is 0 Å². The van der Waals surface area contributed by atoms with Gasteiger partial charge in [0.2, 0.25) is 12.5 Å². The van der Waals surface area contributed by atoms with Gasteiger partial charge in [-0.05, 0) is 25.1 Å². The van der Waals surface area contributed by atoms with Crippen molar-refractivity contribution in [2.45, 2.75) is 25.3 Å². The second kappa shape index (κ2) is 6.22. The first-order valence-corrected chi connectivity index (χ1v) is 8.49. The zero-order chi connectivity index (χ0) is 17.6. The Bertz CT molecular complexity index is 731. The van der Waals surface area contributed by atoms with Crippen LogP contribution in [0.3, 0.4) is 0 Å². The van der Waals surface area contributed by atoms with Crippen LogP contribution in [0.1, 0.15) is 30.0 Å². The fourth-order valence-corrected chi connectivity index (χ4v) is 3.90. The number of esters is 1. The van der Waals surface area contributed by atoms with E-state index in [4.69, 9.17) is 18.9 Å². The van der Waals surface area contributed by atoms with Crippen molar-refractivity contribution >= 4 is 11.8 Å². The van der Waals surface area contributed by atoms with Crippen molar-refractivity contribution in [2.75, 3.05) is 34.1 Å². The Morgan fingerprint density at radius 1 is 1.36 bits per heavy atom. The molecule has 1 aromatic carbocycles. The van der Waals surface area contributed by atoms with Crippen LogP contribution in [0.5, 0.6) is 17.2 Å². The summed E-state index contributed by atoms with van der Waals surface area (Å²) < 4.78 is 21.6. The molecular formula is C18H21NO6. The molecule has 0 N–H and O–H groups in total. The first kappa shape index (κ1) is 16.2. The zero-order valence-corrected chi connectivity index (χ0v) is 14.4. The molecule has 7 nitrogen and oxygen atoms in total. The van der Waals surface area contributed by atoms with Crippen LogP contribution in [-0.2, 0) is 20.7 Å². The Labute approximate surface area is 145 Å². The molecule has 3 aliphatic rings. The van der Waals surface area contributed by atoms with Crippen molar-refractivity contribution in [1.82, 2.24) is 4.90 Å². The minimum absolute atomic E-state index is 0.0769. The predicted octanol–water partition coefficient (Wildman–Crippen LogP) is 1.48. The van der Waals surface area contributed by atoms with E-state index in [0.29, 0.717) is 30.3 Å². The zero-order valence-electron chi connectivity index (χ0n) is 14.4. The molecule has 0 amide bonds. The minimum atomic E-state index is -0.640. The van der Waals surface area contributed by atoms with E-state index in [0.717, 1.165) is 24.1 Å². The topological polar surface area (TPSA) is 74.3 Å². The third-order valence-electron chi connectivity index (χ3n) is 5.27. The molecule has 0 aromatic heterocycles. The summed E-state index contributed by atoms with van der Waals surface area (Å²) in [5, 5.41) is 0. The Morgan fingerprint density at radius 3 is 2.92 bits per heavy atom. The molecule has 134 valence electrons. The lowest BCUT2D eigenvalue weighted by molar-refractivity contribution is -0.144. The lowest BCUT2D eigenvalue weighted by Crippen LogP contribution is -2.35. The van der Waals surface area contributed by atoms with E-state index in [-0.39, 0.29) is 25.0 Å². The molecule has 0 aliphatic carbocycles. The monoisotopic (exact) mass is 347 g/mol. The largest absolute Gasteiger partial charge is 0.492 e. The normalized spacial score (nSPS) is 24.8. The quantitative estimate of drug-likeness (QED) is 0.603. The number of carbonyl (C=O) groups is 2. The Balaban J connectivity index is 1.70. The van der Waals surface area contributed by atoms with Gasteiger partial charge < -0.3 is 18.9 Å². The maximum absolute atomic E-state index is 12.7. The number of carbonyl (C=O) groups excluding carboxylic acids is 2. The van der Waals surface area contributed by atoms with E-state index in [1.54, 1.807) is 7.11 Å². The average molecular weight is 347 g/mol. The predicted molar refractivity (Wildman–Crippen MR) is 86.9 cm³/mol. The molecule has 0 saturated carbocycles. The molecule has 3 heterocycles. The molecular weight excluding hydrogens is 326 g/mol. The summed E-state index contributed by atoms with van der Waals surface area (Å²) >= 11 is 0. The van der Waals surface area contributed by atoms with Gasteiger partial charge in [-0.3, -0.25) is 14.5 Å². The number of hydrogen-bond donors (Lipinski definition) is 0. The van der Waals surface area contributed by atoms with E-state index >= 15 is 0 Å². The van der Waals surface area contributed by atoms with Crippen LogP contribution in [0.2, 0.25) is 0 Å². The molecule has 2 atom stereocenters. The van der Waals surface area contributed by atoms with Gasteiger partial charge in [-0.2, -0.15) is 0 Å². The van der Waals surface area contributed by atoms with Gasteiger partial charge in [0, 0.05) is 31.0 Å². The Morgan fingerprint density at radius 2 is 2.20 bits per heavy atom. The van der Waals surface area contributed by atoms with E-state index < -0.39 is 11.9 Å². The highest BCUT2D eigenvalue weighted by Crippen LogP contribution is 2.50. The molecule has 4 rings (SSSR count). The molecule has 1 aromatic rings. The average Bonchev–Trinajstić information content (AvgIpc) is 3.23. The van der Waals surface area contributed by atoms with Crippen molar-refractivity contribution in [3.63, 3.8) is 0 Å². The maximum atomic E-state index is 12.7. The van der Waals surface area contributed by atoms with Crippen LogP contribution in [0, 0.1) is 5.92 Å². The molecule has 0 unspecified atom stereocenters. The van der Waals surface area contributed by atoms with E-state index in [1.165, 1.54) is 0 Å². The SMILES string of the molecule is COc1c2c(cc3c1[C@H](CC(=O)[C@@H]1CCOC1=O)N(C)CC3)OCO2. The van der Waals surface area contributed by atoms with Gasteiger partial charge in [0.25, 0.3) is 0 Å². The summed E-state index contributed by atoms with van der Waals surface area (Å²) in [4.78, 5) is 26.6. The molecule has 0 radical (unpaired) electrons. The first-order chi connectivity index (χ1) is 12.1. The van der Waals surface area contributed by atoms with Gasteiger partial charge in [0.1, 0.15) is 11.7 Å². The lowest BCUT2D eigenvalue weighted by Gasteiger charge is -2.35. The first-order valence-electron chi connectivity index (χ1n) is 8.49. The summed E-state index contributed by atoms with van der Waals surface area (Å²) in [5.41, 5.74) is 2.06. The van der Waals surface area contributed by atoms with Gasteiger partial charge in [0.05, 0.1) is 13.7 Å². The van der Waals surface area contributed by atoms with E-state index in [1.807, 2.05) is 13.1 Å². The third kappa shape index (κ3) is 2.63. The fourth-order valence-electron chi connectivity index (χ4n) is 3.90. The molecule has 1 saturated heterocycles.